The van der Waals surface area contributed by atoms with Crippen molar-refractivity contribution in [3.05, 3.63) is 52.2 Å². The Morgan fingerprint density at radius 2 is 2.03 bits per heavy atom. The topological polar surface area (TPSA) is 118 Å². The zero-order valence-electron chi connectivity index (χ0n) is 16.5. The van der Waals surface area contributed by atoms with Crippen LogP contribution in [0, 0.1) is 0 Å². The number of anilines is 1. The van der Waals surface area contributed by atoms with Crippen molar-refractivity contribution in [3.8, 4) is 17.1 Å². The van der Waals surface area contributed by atoms with Crippen LogP contribution in [0.1, 0.15) is 32.1 Å². The fraction of sp³-hybridized carbons (Fsp3) is 0.350. The molecule has 30 heavy (non-hydrogen) atoms. The molecule has 4 rings (SSSR count). The van der Waals surface area contributed by atoms with Crippen LogP contribution in [0.3, 0.4) is 0 Å². The molecule has 9 nitrogen and oxygen atoms in total. The first-order chi connectivity index (χ1) is 14.5. The monoisotopic (exact) mass is 427 g/mol. The molecule has 0 aliphatic heterocycles. The number of nitrogens with zero attached hydrogens (tertiary/aromatic N) is 4. The molecule has 0 saturated heterocycles. The number of hydrogen-bond donors (Lipinski definition) is 3. The number of rotatable bonds is 5. The Balaban J connectivity index is 1.65. The molecule has 1 aliphatic rings. The van der Waals surface area contributed by atoms with Gasteiger partial charge in [0.05, 0.1) is 23.1 Å². The van der Waals surface area contributed by atoms with Crippen molar-refractivity contribution in [2.45, 2.75) is 37.6 Å². The summed E-state index contributed by atoms with van der Waals surface area (Å²) in [6, 6.07) is 4.82. The summed E-state index contributed by atoms with van der Waals surface area (Å²) >= 11 is 6.35. The van der Waals surface area contributed by atoms with Crippen molar-refractivity contribution in [3.63, 3.8) is 0 Å². The van der Waals surface area contributed by atoms with E-state index in [1.807, 2.05) is 0 Å². The number of likely N-dealkylation sites (N-methyl/N-ethyl adjacent to an activating group) is 1. The SMILES string of the molecule is CNC(=O)C1(Nc2ncc(Cl)c(-c3cnn(-c4cccc(=O)[nH]4)c3)n2)CCCCC1. The zero-order valence-corrected chi connectivity index (χ0v) is 17.2. The lowest BCUT2D eigenvalue weighted by atomic mass is 9.81. The maximum Gasteiger partial charge on any atom is 0.249 e. The van der Waals surface area contributed by atoms with Gasteiger partial charge in [0.15, 0.2) is 0 Å². The molecule has 1 fully saturated rings. The van der Waals surface area contributed by atoms with Gasteiger partial charge >= 0.3 is 0 Å². The van der Waals surface area contributed by atoms with E-state index in [4.69, 9.17) is 11.6 Å². The summed E-state index contributed by atoms with van der Waals surface area (Å²) < 4.78 is 1.54. The molecule has 0 aromatic carbocycles. The lowest BCUT2D eigenvalue weighted by molar-refractivity contribution is -0.126. The Labute approximate surface area is 177 Å². The van der Waals surface area contributed by atoms with Crippen LogP contribution < -0.4 is 16.2 Å². The summed E-state index contributed by atoms with van der Waals surface area (Å²) in [4.78, 5) is 35.7. The van der Waals surface area contributed by atoms with E-state index in [1.165, 1.54) is 16.9 Å². The highest BCUT2D eigenvalue weighted by atomic mass is 35.5. The number of aromatic nitrogens is 5. The van der Waals surface area contributed by atoms with Crippen LogP contribution in [-0.4, -0.2) is 43.2 Å². The van der Waals surface area contributed by atoms with Gasteiger partial charge in [0.25, 0.3) is 0 Å². The molecule has 1 aliphatic carbocycles. The minimum Gasteiger partial charge on any atom is -0.357 e. The molecule has 3 heterocycles. The molecule has 3 aromatic rings. The third-order valence-corrected chi connectivity index (χ3v) is 5.60. The van der Waals surface area contributed by atoms with Crippen LogP contribution >= 0.6 is 11.6 Å². The molecule has 10 heteroatoms. The van der Waals surface area contributed by atoms with Gasteiger partial charge in [-0.05, 0) is 18.9 Å². The summed E-state index contributed by atoms with van der Waals surface area (Å²) in [6.45, 7) is 0. The number of amides is 1. The van der Waals surface area contributed by atoms with Gasteiger partial charge < -0.3 is 15.6 Å². The number of H-pyrrole nitrogens is 1. The second-order valence-corrected chi connectivity index (χ2v) is 7.72. The second-order valence-electron chi connectivity index (χ2n) is 7.31. The van der Waals surface area contributed by atoms with Gasteiger partial charge in [-0.3, -0.25) is 9.59 Å². The van der Waals surface area contributed by atoms with Crippen molar-refractivity contribution < 1.29 is 4.79 Å². The van der Waals surface area contributed by atoms with Gasteiger partial charge in [0.1, 0.15) is 11.4 Å². The average molecular weight is 428 g/mol. The first-order valence-corrected chi connectivity index (χ1v) is 10.2. The predicted octanol–water partition coefficient (Wildman–Crippen LogP) is 2.53. The van der Waals surface area contributed by atoms with Crippen LogP contribution in [0.4, 0.5) is 5.95 Å². The zero-order chi connectivity index (χ0) is 21.1. The molecule has 0 atom stereocenters. The highest BCUT2D eigenvalue weighted by Gasteiger charge is 2.39. The predicted molar refractivity (Wildman–Crippen MR) is 114 cm³/mol. The number of carbonyl (C=O) groups is 1. The van der Waals surface area contributed by atoms with Gasteiger partial charge in [0.2, 0.25) is 17.4 Å². The summed E-state index contributed by atoms with van der Waals surface area (Å²) in [5.74, 6) is 0.793. The van der Waals surface area contributed by atoms with E-state index in [1.54, 1.807) is 31.6 Å². The molecule has 3 aromatic heterocycles. The number of hydrogen-bond acceptors (Lipinski definition) is 6. The van der Waals surface area contributed by atoms with Crippen LogP contribution in [-0.2, 0) is 4.79 Å². The number of aromatic amines is 1. The van der Waals surface area contributed by atoms with Gasteiger partial charge in [-0.25, -0.2) is 14.6 Å². The molecule has 1 amide bonds. The van der Waals surface area contributed by atoms with E-state index in [-0.39, 0.29) is 11.5 Å². The molecule has 1 saturated carbocycles. The van der Waals surface area contributed by atoms with E-state index in [0.29, 0.717) is 40.9 Å². The van der Waals surface area contributed by atoms with E-state index < -0.39 is 5.54 Å². The van der Waals surface area contributed by atoms with Crippen LogP contribution in [0.25, 0.3) is 17.1 Å². The fourth-order valence-electron chi connectivity index (χ4n) is 3.79. The van der Waals surface area contributed by atoms with Gasteiger partial charge in [0, 0.05) is 24.9 Å². The summed E-state index contributed by atoms with van der Waals surface area (Å²) in [7, 11) is 1.64. The minimum absolute atomic E-state index is 0.0665. The Morgan fingerprint density at radius 1 is 1.23 bits per heavy atom. The third kappa shape index (κ3) is 3.93. The summed E-state index contributed by atoms with van der Waals surface area (Å²) in [5.41, 5.74) is 0.198. The highest BCUT2D eigenvalue weighted by Crippen LogP contribution is 2.33. The first-order valence-electron chi connectivity index (χ1n) is 9.78. The van der Waals surface area contributed by atoms with Gasteiger partial charge in [-0.2, -0.15) is 5.10 Å². The van der Waals surface area contributed by atoms with Gasteiger partial charge in [-0.15, -0.1) is 0 Å². The van der Waals surface area contributed by atoms with Crippen LogP contribution in [0.2, 0.25) is 5.02 Å². The van der Waals surface area contributed by atoms with Crippen molar-refractivity contribution in [2.75, 3.05) is 12.4 Å². The van der Waals surface area contributed by atoms with E-state index in [9.17, 15) is 9.59 Å². The second kappa shape index (κ2) is 8.27. The number of nitrogens with one attached hydrogen (secondary N) is 3. The summed E-state index contributed by atoms with van der Waals surface area (Å²) in [6.07, 6.45) is 9.30. The lowest BCUT2D eigenvalue weighted by Gasteiger charge is -2.36. The molecule has 0 unspecified atom stereocenters. The standard InChI is InChI=1S/C20H22ClN7O2/c1-22-18(30)20(8-3-2-4-9-20)27-19-23-11-14(21)17(26-19)13-10-24-28(12-13)15-6-5-7-16(29)25-15/h5-7,10-12H,2-4,8-9H2,1H3,(H,22,30)(H,25,29)(H,23,26,27). The number of pyridine rings is 1. The Hall–Kier alpha value is -3.20. The molecular weight excluding hydrogens is 406 g/mol. The Morgan fingerprint density at radius 3 is 2.77 bits per heavy atom. The quantitative estimate of drug-likeness (QED) is 0.576. The first kappa shape index (κ1) is 20.1. The lowest BCUT2D eigenvalue weighted by Crippen LogP contribution is -2.53. The minimum atomic E-state index is -0.730. The van der Waals surface area contributed by atoms with Crippen molar-refractivity contribution in [2.24, 2.45) is 0 Å². The summed E-state index contributed by atoms with van der Waals surface area (Å²) in [5, 5.41) is 10.7. The normalized spacial score (nSPS) is 15.5. The van der Waals surface area contributed by atoms with E-state index in [2.05, 4.69) is 30.7 Å². The molecular formula is C20H22ClN7O2. The molecule has 0 bridgehead atoms. The largest absolute Gasteiger partial charge is 0.357 e. The van der Waals surface area contributed by atoms with Gasteiger partial charge in [-0.1, -0.05) is 36.9 Å². The van der Waals surface area contributed by atoms with Crippen molar-refractivity contribution in [1.29, 1.82) is 0 Å². The van der Waals surface area contributed by atoms with E-state index in [0.717, 1.165) is 19.3 Å². The van der Waals surface area contributed by atoms with Crippen molar-refractivity contribution >= 4 is 23.5 Å². The number of carbonyl (C=O) groups excluding carboxylic acids is 1. The van der Waals surface area contributed by atoms with E-state index >= 15 is 0 Å². The average Bonchev–Trinajstić information content (AvgIpc) is 3.25. The maximum atomic E-state index is 12.6. The number of halogens is 1. The Bertz CT molecular complexity index is 1120. The molecule has 3 N–H and O–H groups in total. The maximum absolute atomic E-state index is 12.6. The Kier molecular flexibility index (Phi) is 5.54. The fourth-order valence-corrected chi connectivity index (χ4v) is 3.99. The smallest absolute Gasteiger partial charge is 0.249 e. The van der Waals surface area contributed by atoms with Crippen molar-refractivity contribution in [1.82, 2.24) is 30.0 Å². The molecule has 0 radical (unpaired) electrons. The van der Waals surface area contributed by atoms with Crippen LogP contribution in [0.15, 0.2) is 41.6 Å². The third-order valence-electron chi connectivity index (χ3n) is 5.32. The molecule has 156 valence electrons. The van der Waals surface area contributed by atoms with Crippen LogP contribution in [0.5, 0.6) is 0 Å². The molecule has 0 spiro atoms. The highest BCUT2D eigenvalue weighted by molar-refractivity contribution is 6.32.